The summed E-state index contributed by atoms with van der Waals surface area (Å²) in [6.07, 6.45) is 3.13. The molecule has 36 heavy (non-hydrogen) atoms. The lowest BCUT2D eigenvalue weighted by Gasteiger charge is -2.27. The van der Waals surface area contributed by atoms with Crippen LogP contribution in [0.15, 0.2) is 54.6 Å². The van der Waals surface area contributed by atoms with Crippen LogP contribution in [0.5, 0.6) is 0 Å². The van der Waals surface area contributed by atoms with E-state index in [9.17, 15) is 14.4 Å². The van der Waals surface area contributed by atoms with Crippen LogP contribution in [0.1, 0.15) is 52.5 Å². The number of hydrogen-bond acceptors (Lipinski definition) is 4. The maximum Gasteiger partial charge on any atom is 0.318 e. The van der Waals surface area contributed by atoms with Crippen LogP contribution in [-0.4, -0.2) is 53.4 Å². The molecule has 6 nitrogen and oxygen atoms in total. The molecule has 0 fully saturated rings. The highest BCUT2D eigenvalue weighted by Crippen LogP contribution is 2.20. The van der Waals surface area contributed by atoms with Gasteiger partial charge in [-0.1, -0.05) is 93.6 Å². The molecule has 2 N–H and O–H groups in total. The molecule has 0 bridgehead atoms. The number of thioether (sulfide) groups is 1. The third-order valence-corrected chi connectivity index (χ3v) is 6.67. The Morgan fingerprint density at radius 2 is 1.61 bits per heavy atom. The zero-order chi connectivity index (χ0) is 26.3. The highest BCUT2D eigenvalue weighted by atomic mass is 32.2. The highest BCUT2D eigenvalue weighted by Gasteiger charge is 2.24. The van der Waals surface area contributed by atoms with Gasteiger partial charge in [0.25, 0.3) is 0 Å². The second kappa shape index (κ2) is 16.0. The number of unbranched alkanes of at least 4 members (excludes halogenated alkanes) is 1. The Balaban J connectivity index is 2.13. The highest BCUT2D eigenvalue weighted by molar-refractivity contribution is 8.13. The predicted molar refractivity (Wildman–Crippen MR) is 150 cm³/mol. The molecule has 0 aliphatic heterocycles. The average molecular weight is 512 g/mol. The molecule has 0 spiro atoms. The second-order valence-corrected chi connectivity index (χ2v) is 10.7. The summed E-state index contributed by atoms with van der Waals surface area (Å²) in [7, 11) is 0. The van der Waals surface area contributed by atoms with Gasteiger partial charge in [0, 0.05) is 38.7 Å². The van der Waals surface area contributed by atoms with E-state index in [2.05, 4.69) is 43.5 Å². The summed E-state index contributed by atoms with van der Waals surface area (Å²) in [4.78, 5) is 39.4. The molecule has 2 rings (SSSR count). The first kappa shape index (κ1) is 29.4. The molecule has 2 aromatic carbocycles. The van der Waals surface area contributed by atoms with Gasteiger partial charge in [-0.15, -0.1) is 0 Å². The SMILES string of the molecule is CCCCNC(=O)[C@H](Cc1ccc(-c2ccccc2)cc1)NC(=O)N(CCSC(C)=O)CCC(C)C. The molecule has 0 unspecified atom stereocenters. The van der Waals surface area contributed by atoms with Gasteiger partial charge in [-0.05, 0) is 35.4 Å². The second-order valence-electron chi connectivity index (χ2n) is 9.42. The molecule has 0 heterocycles. The minimum absolute atomic E-state index is 0.0337. The lowest BCUT2D eigenvalue weighted by atomic mass is 10.0. The van der Waals surface area contributed by atoms with Crippen LogP contribution in [0, 0.1) is 5.92 Å². The van der Waals surface area contributed by atoms with Crippen molar-refractivity contribution in [1.29, 1.82) is 0 Å². The van der Waals surface area contributed by atoms with E-state index in [1.165, 1.54) is 18.7 Å². The fourth-order valence-corrected chi connectivity index (χ4v) is 4.29. The lowest BCUT2D eigenvalue weighted by Crippen LogP contribution is -2.53. The van der Waals surface area contributed by atoms with Crippen molar-refractivity contribution in [2.24, 2.45) is 5.92 Å². The number of nitrogens with zero attached hydrogens (tertiary/aromatic N) is 1. The normalized spacial score (nSPS) is 11.7. The first-order chi connectivity index (χ1) is 17.3. The van der Waals surface area contributed by atoms with Gasteiger partial charge < -0.3 is 15.5 Å². The molecule has 2 aromatic rings. The maximum atomic E-state index is 13.2. The minimum Gasteiger partial charge on any atom is -0.354 e. The van der Waals surface area contributed by atoms with Crippen molar-refractivity contribution in [2.75, 3.05) is 25.4 Å². The van der Waals surface area contributed by atoms with Gasteiger partial charge in [0.15, 0.2) is 5.12 Å². The van der Waals surface area contributed by atoms with Crippen LogP contribution in [-0.2, 0) is 16.0 Å². The molecule has 3 amide bonds. The summed E-state index contributed by atoms with van der Waals surface area (Å²) in [6, 6.07) is 17.3. The van der Waals surface area contributed by atoms with E-state index in [0.717, 1.165) is 36.0 Å². The maximum absolute atomic E-state index is 13.2. The molecule has 0 aliphatic rings. The third-order valence-electron chi connectivity index (χ3n) is 5.87. The zero-order valence-electron chi connectivity index (χ0n) is 22.1. The molecule has 0 radical (unpaired) electrons. The van der Waals surface area contributed by atoms with E-state index in [1.54, 1.807) is 4.90 Å². The summed E-state index contributed by atoms with van der Waals surface area (Å²) in [5, 5.41) is 5.99. The Labute approximate surface area is 220 Å². The molecule has 0 saturated heterocycles. The van der Waals surface area contributed by atoms with Crippen LogP contribution >= 0.6 is 11.8 Å². The fourth-order valence-electron chi connectivity index (χ4n) is 3.69. The summed E-state index contributed by atoms with van der Waals surface area (Å²) in [6.45, 7) is 9.46. The molecule has 196 valence electrons. The summed E-state index contributed by atoms with van der Waals surface area (Å²) in [5.74, 6) is 0.803. The Bertz CT molecular complexity index is 948. The molecule has 1 atom stereocenters. The number of rotatable bonds is 14. The lowest BCUT2D eigenvalue weighted by molar-refractivity contribution is -0.123. The van der Waals surface area contributed by atoms with Crippen molar-refractivity contribution >= 4 is 28.8 Å². The van der Waals surface area contributed by atoms with Gasteiger partial charge in [-0.25, -0.2) is 4.79 Å². The van der Waals surface area contributed by atoms with Crippen molar-refractivity contribution in [3.8, 4) is 11.1 Å². The molecule has 7 heteroatoms. The number of benzene rings is 2. The van der Waals surface area contributed by atoms with Gasteiger partial charge in [0.05, 0.1) is 0 Å². The number of nitrogens with one attached hydrogen (secondary N) is 2. The van der Waals surface area contributed by atoms with Gasteiger partial charge in [0.1, 0.15) is 6.04 Å². The Morgan fingerprint density at radius 1 is 0.944 bits per heavy atom. The van der Waals surface area contributed by atoms with Gasteiger partial charge in [-0.2, -0.15) is 0 Å². The average Bonchev–Trinajstić information content (AvgIpc) is 2.86. The van der Waals surface area contributed by atoms with E-state index in [4.69, 9.17) is 0 Å². The molecule has 0 saturated carbocycles. The number of amides is 3. The number of urea groups is 1. The summed E-state index contributed by atoms with van der Waals surface area (Å²) in [5.41, 5.74) is 3.22. The monoisotopic (exact) mass is 511 g/mol. The number of carbonyl (C=O) groups excluding carboxylic acids is 3. The summed E-state index contributed by atoms with van der Waals surface area (Å²) >= 11 is 1.21. The van der Waals surface area contributed by atoms with Gasteiger partial charge >= 0.3 is 6.03 Å². The van der Waals surface area contributed by atoms with E-state index in [-0.39, 0.29) is 17.1 Å². The molecular weight excluding hydrogens is 470 g/mol. The van der Waals surface area contributed by atoms with Crippen molar-refractivity contribution in [3.05, 3.63) is 60.2 Å². The molecule has 0 aromatic heterocycles. The Morgan fingerprint density at radius 3 is 2.22 bits per heavy atom. The van der Waals surface area contributed by atoms with Gasteiger partial charge in [0.2, 0.25) is 5.91 Å². The van der Waals surface area contributed by atoms with E-state index < -0.39 is 6.04 Å². The van der Waals surface area contributed by atoms with Crippen molar-refractivity contribution in [2.45, 2.75) is 59.4 Å². The predicted octanol–water partition coefficient (Wildman–Crippen LogP) is 5.52. The largest absolute Gasteiger partial charge is 0.354 e. The number of carbonyl (C=O) groups is 3. The smallest absolute Gasteiger partial charge is 0.318 e. The molecular formula is C29H41N3O3S. The van der Waals surface area contributed by atoms with E-state index in [0.29, 0.717) is 37.7 Å². The third kappa shape index (κ3) is 10.9. The quantitative estimate of drug-likeness (QED) is 0.328. The topological polar surface area (TPSA) is 78.5 Å². The van der Waals surface area contributed by atoms with Crippen LogP contribution in [0.3, 0.4) is 0 Å². The van der Waals surface area contributed by atoms with Crippen molar-refractivity contribution in [1.82, 2.24) is 15.5 Å². The van der Waals surface area contributed by atoms with Crippen LogP contribution < -0.4 is 10.6 Å². The zero-order valence-corrected chi connectivity index (χ0v) is 22.9. The van der Waals surface area contributed by atoms with E-state index >= 15 is 0 Å². The first-order valence-corrected chi connectivity index (χ1v) is 13.9. The van der Waals surface area contributed by atoms with E-state index in [1.807, 2.05) is 42.5 Å². The Hall–Kier alpha value is -2.80. The van der Waals surface area contributed by atoms with Crippen molar-refractivity contribution in [3.63, 3.8) is 0 Å². The van der Waals surface area contributed by atoms with Crippen LogP contribution in [0.2, 0.25) is 0 Å². The van der Waals surface area contributed by atoms with Gasteiger partial charge in [-0.3, -0.25) is 9.59 Å². The fraction of sp³-hybridized carbons (Fsp3) is 0.483. The first-order valence-electron chi connectivity index (χ1n) is 12.9. The summed E-state index contributed by atoms with van der Waals surface area (Å²) < 4.78 is 0. The Kier molecular flexibility index (Phi) is 13.1. The molecule has 0 aliphatic carbocycles. The van der Waals surface area contributed by atoms with Crippen LogP contribution in [0.4, 0.5) is 4.79 Å². The number of hydrogen-bond donors (Lipinski definition) is 2. The van der Waals surface area contributed by atoms with Crippen molar-refractivity contribution < 1.29 is 14.4 Å². The minimum atomic E-state index is -0.682. The standard InChI is InChI=1S/C29H41N3O3S/c1-5-6-17-30-28(34)27(21-24-12-14-26(15-13-24)25-10-8-7-9-11-25)31-29(35)32(18-16-22(2)3)19-20-36-23(4)33/h7-15,22,27H,5-6,16-21H2,1-4H3,(H,30,34)(H,31,35)/t27-/m0/s1. The van der Waals surface area contributed by atoms with Crippen LogP contribution in [0.25, 0.3) is 11.1 Å².